The van der Waals surface area contributed by atoms with Gasteiger partial charge in [-0.1, -0.05) is 0 Å². The van der Waals surface area contributed by atoms with E-state index in [1.807, 2.05) is 26.8 Å². The van der Waals surface area contributed by atoms with Crippen molar-refractivity contribution >= 4 is 11.4 Å². The molecule has 0 spiro atoms. The molecule has 1 fully saturated rings. The van der Waals surface area contributed by atoms with E-state index in [1.165, 1.54) is 0 Å². The minimum absolute atomic E-state index is 0.0142. The summed E-state index contributed by atoms with van der Waals surface area (Å²) < 4.78 is 6.01. The lowest BCUT2D eigenvalue weighted by Crippen LogP contribution is -2.50. The molecule has 1 aromatic carbocycles. The number of anilines is 2. The Kier molecular flexibility index (Phi) is 5.35. The van der Waals surface area contributed by atoms with Crippen molar-refractivity contribution in [1.82, 2.24) is 4.90 Å². The van der Waals surface area contributed by atoms with Crippen LogP contribution in [0.4, 0.5) is 11.4 Å². The number of hydrogen-bond donors (Lipinski definition) is 3. The molecule has 3 rings (SSSR count). The Bertz CT molecular complexity index is 638. The van der Waals surface area contributed by atoms with E-state index in [-0.39, 0.29) is 6.61 Å². The zero-order valence-electron chi connectivity index (χ0n) is 16.2. The van der Waals surface area contributed by atoms with Gasteiger partial charge in [-0.2, -0.15) is 0 Å². The van der Waals surface area contributed by atoms with Gasteiger partial charge in [0.25, 0.3) is 0 Å². The largest absolute Gasteiger partial charge is 0.484 e. The summed E-state index contributed by atoms with van der Waals surface area (Å²) >= 11 is 0. The Balaban J connectivity index is 1.77. The van der Waals surface area contributed by atoms with Crippen LogP contribution >= 0.6 is 0 Å². The average Bonchev–Trinajstić information content (AvgIpc) is 2.90. The summed E-state index contributed by atoms with van der Waals surface area (Å²) in [6.07, 6.45) is 0.677. The number of rotatable bonds is 6. The highest BCUT2D eigenvalue weighted by Gasteiger charge is 2.35. The molecule has 0 radical (unpaired) electrons. The third-order valence-electron chi connectivity index (χ3n) is 4.97. The van der Waals surface area contributed by atoms with Crippen LogP contribution in [0.15, 0.2) is 12.1 Å². The summed E-state index contributed by atoms with van der Waals surface area (Å²) in [7, 11) is 1.60. The fraction of sp³-hybridized carbons (Fsp3) is 0.684. The second-order valence-corrected chi connectivity index (χ2v) is 8.25. The molecule has 7 heteroatoms. The molecule has 0 aromatic heterocycles. The van der Waals surface area contributed by atoms with E-state index in [9.17, 15) is 10.2 Å². The molecule has 2 aliphatic heterocycles. The first-order valence-electron chi connectivity index (χ1n) is 9.18. The minimum atomic E-state index is -0.679. The Morgan fingerprint density at radius 3 is 2.54 bits per heavy atom. The Morgan fingerprint density at radius 2 is 1.96 bits per heavy atom. The minimum Gasteiger partial charge on any atom is -0.484 e. The highest BCUT2D eigenvalue weighted by molar-refractivity contribution is 5.74. The van der Waals surface area contributed by atoms with E-state index in [0.717, 1.165) is 48.9 Å². The number of fused-ring (bicyclic) bond motifs is 1. The zero-order valence-corrected chi connectivity index (χ0v) is 16.2. The zero-order chi connectivity index (χ0) is 18.9. The first kappa shape index (κ1) is 19.2. The number of piperazine rings is 1. The van der Waals surface area contributed by atoms with Crippen LogP contribution in [0.5, 0.6) is 5.75 Å². The maximum absolute atomic E-state index is 10.0. The maximum atomic E-state index is 10.0. The van der Waals surface area contributed by atoms with Crippen molar-refractivity contribution in [3.05, 3.63) is 17.7 Å². The second-order valence-electron chi connectivity index (χ2n) is 8.25. The SMILES string of the molecule is CONc1cc2c(cc1N1CCN(CC(C)(C)O)CC1)OC(C)(CO)C2. The molecule has 1 saturated heterocycles. The highest BCUT2D eigenvalue weighted by atomic mass is 16.6. The van der Waals surface area contributed by atoms with E-state index >= 15 is 0 Å². The van der Waals surface area contributed by atoms with E-state index < -0.39 is 11.2 Å². The van der Waals surface area contributed by atoms with Gasteiger partial charge in [0.1, 0.15) is 11.4 Å². The number of nitrogens with zero attached hydrogens (tertiary/aromatic N) is 2. The van der Waals surface area contributed by atoms with Gasteiger partial charge in [-0.05, 0) is 26.8 Å². The van der Waals surface area contributed by atoms with E-state index in [4.69, 9.17) is 9.57 Å². The molecule has 146 valence electrons. The summed E-state index contributed by atoms with van der Waals surface area (Å²) in [4.78, 5) is 9.76. The summed E-state index contributed by atoms with van der Waals surface area (Å²) in [5.74, 6) is 0.831. The Labute approximate surface area is 155 Å². The van der Waals surface area contributed by atoms with Gasteiger partial charge >= 0.3 is 0 Å². The van der Waals surface area contributed by atoms with Crippen LogP contribution in [0.1, 0.15) is 26.3 Å². The van der Waals surface area contributed by atoms with Crippen molar-refractivity contribution < 1.29 is 19.8 Å². The topological polar surface area (TPSA) is 77.4 Å². The Morgan fingerprint density at radius 1 is 1.27 bits per heavy atom. The normalized spacial score (nSPS) is 23.7. The highest BCUT2D eigenvalue weighted by Crippen LogP contribution is 2.41. The number of β-amino-alcohol motifs (C(OH)–C–C–N with tert-alkyl or cyclic N) is 1. The van der Waals surface area contributed by atoms with E-state index in [0.29, 0.717) is 13.0 Å². The van der Waals surface area contributed by atoms with Crippen LogP contribution in [-0.2, 0) is 11.3 Å². The molecule has 0 saturated carbocycles. The first-order valence-corrected chi connectivity index (χ1v) is 9.18. The fourth-order valence-electron chi connectivity index (χ4n) is 3.79. The van der Waals surface area contributed by atoms with Crippen LogP contribution in [0.3, 0.4) is 0 Å². The average molecular weight is 365 g/mol. The number of ether oxygens (including phenoxy) is 1. The number of nitrogens with one attached hydrogen (secondary N) is 1. The lowest BCUT2D eigenvalue weighted by atomic mass is 9.99. The van der Waals surface area contributed by atoms with Gasteiger partial charge in [0.15, 0.2) is 0 Å². The van der Waals surface area contributed by atoms with Crippen LogP contribution in [0, 0.1) is 0 Å². The lowest BCUT2D eigenvalue weighted by molar-refractivity contribution is 0.0345. The molecule has 0 aliphatic carbocycles. The quantitative estimate of drug-likeness (QED) is 0.655. The van der Waals surface area contributed by atoms with Crippen molar-refractivity contribution in [3.63, 3.8) is 0 Å². The smallest absolute Gasteiger partial charge is 0.133 e. The molecule has 26 heavy (non-hydrogen) atoms. The first-order chi connectivity index (χ1) is 12.2. The van der Waals surface area contributed by atoms with Gasteiger partial charge in [-0.25, -0.2) is 0 Å². The van der Waals surface area contributed by atoms with Crippen molar-refractivity contribution in [3.8, 4) is 5.75 Å². The molecule has 3 N–H and O–H groups in total. The van der Waals surface area contributed by atoms with Crippen molar-refractivity contribution in [2.75, 3.05) is 56.8 Å². The van der Waals surface area contributed by atoms with Crippen LogP contribution in [0.25, 0.3) is 0 Å². The van der Waals surface area contributed by atoms with Crippen LogP contribution in [-0.4, -0.2) is 72.8 Å². The molecule has 0 amide bonds. The van der Waals surface area contributed by atoms with E-state index in [1.54, 1.807) is 7.11 Å². The lowest BCUT2D eigenvalue weighted by Gasteiger charge is -2.39. The van der Waals surface area contributed by atoms with E-state index in [2.05, 4.69) is 21.3 Å². The standard InChI is InChI=1S/C19H31N3O4/c1-18(2,24)12-21-5-7-22(8-6-21)16-10-17-14(9-15(16)20-25-4)11-19(3,13-23)26-17/h9-10,20,23-24H,5-8,11-13H2,1-4H3. The fourth-order valence-corrected chi connectivity index (χ4v) is 3.79. The molecule has 2 heterocycles. The van der Waals surface area contributed by atoms with Crippen molar-refractivity contribution in [1.29, 1.82) is 0 Å². The van der Waals surface area contributed by atoms with Crippen molar-refractivity contribution in [2.24, 2.45) is 0 Å². The summed E-state index contributed by atoms with van der Waals surface area (Å²) in [6.45, 7) is 9.78. The molecule has 1 unspecified atom stereocenters. The summed E-state index contributed by atoms with van der Waals surface area (Å²) in [5.41, 5.74) is 4.77. The molecule has 7 nitrogen and oxygen atoms in total. The van der Waals surface area contributed by atoms with Gasteiger partial charge in [-0.15, -0.1) is 0 Å². The molecular weight excluding hydrogens is 334 g/mol. The maximum Gasteiger partial charge on any atom is 0.133 e. The molecule has 1 atom stereocenters. The monoisotopic (exact) mass is 365 g/mol. The summed E-state index contributed by atoms with van der Waals surface area (Å²) in [6, 6.07) is 4.10. The molecule has 2 aliphatic rings. The molecular formula is C19H31N3O4. The molecule has 1 aromatic rings. The summed E-state index contributed by atoms with van der Waals surface area (Å²) in [5, 5.41) is 19.6. The van der Waals surface area contributed by atoms with Gasteiger partial charge in [0.05, 0.1) is 30.7 Å². The van der Waals surface area contributed by atoms with Gasteiger partial charge < -0.3 is 19.8 Å². The van der Waals surface area contributed by atoms with Crippen LogP contribution in [0.2, 0.25) is 0 Å². The third kappa shape index (κ3) is 4.23. The van der Waals surface area contributed by atoms with Gasteiger partial charge in [-0.3, -0.25) is 15.2 Å². The number of aliphatic hydroxyl groups excluding tert-OH is 1. The number of aliphatic hydroxyl groups is 2. The second kappa shape index (κ2) is 7.23. The van der Waals surface area contributed by atoms with Gasteiger partial charge in [0, 0.05) is 50.8 Å². The number of benzene rings is 1. The van der Waals surface area contributed by atoms with Crippen LogP contribution < -0.4 is 15.1 Å². The predicted octanol–water partition coefficient (Wildman–Crippen LogP) is 1.24. The Hall–Kier alpha value is -1.54. The predicted molar refractivity (Wildman–Crippen MR) is 102 cm³/mol. The third-order valence-corrected chi connectivity index (χ3v) is 4.97. The number of hydrogen-bond acceptors (Lipinski definition) is 7. The van der Waals surface area contributed by atoms with Gasteiger partial charge in [0.2, 0.25) is 0 Å². The molecule has 0 bridgehead atoms. The van der Waals surface area contributed by atoms with Crippen molar-refractivity contribution in [2.45, 2.75) is 38.4 Å².